The number of benzene rings is 1. The number of hydrogen-bond donors (Lipinski definition) is 3. The molecule has 1 aromatic carbocycles. The van der Waals surface area contributed by atoms with Crippen LogP contribution in [0.2, 0.25) is 0 Å². The van der Waals surface area contributed by atoms with Crippen LogP contribution in [0.25, 0.3) is 0 Å². The zero-order valence-corrected chi connectivity index (χ0v) is 14.5. The summed E-state index contributed by atoms with van der Waals surface area (Å²) in [7, 11) is 0. The van der Waals surface area contributed by atoms with Crippen LogP contribution in [0.4, 0.5) is 11.5 Å². The van der Waals surface area contributed by atoms with Crippen molar-refractivity contribution in [2.75, 3.05) is 5.32 Å². The fourth-order valence-corrected chi connectivity index (χ4v) is 3.09. The van der Waals surface area contributed by atoms with Crippen molar-refractivity contribution in [1.82, 2.24) is 20.7 Å². The number of hydrogen-bond acceptors (Lipinski definition) is 4. The Morgan fingerprint density at radius 3 is 2.58 bits per heavy atom. The number of aryl methyl sites for hydroxylation is 2. The van der Waals surface area contributed by atoms with E-state index in [-0.39, 0.29) is 11.9 Å². The lowest BCUT2D eigenvalue weighted by atomic mass is 9.87. The normalized spacial score (nSPS) is 20.6. The molecule has 24 heavy (non-hydrogen) atoms. The maximum atomic E-state index is 12.5. The standard InChI is InChI=1S/C18H25N5O/c1-11-4-7-14(8-5-11)20-18(24)16-17(22-23-21-16)19-15-9-6-12(2)13(3)10-15/h6,9-11,14H,4-5,7-8H2,1-3H3,(H,20,24)(H2,19,21,22,23). The van der Waals surface area contributed by atoms with E-state index in [1.165, 1.54) is 11.1 Å². The summed E-state index contributed by atoms with van der Waals surface area (Å²) in [6.07, 6.45) is 4.39. The lowest BCUT2D eigenvalue weighted by Gasteiger charge is -2.26. The van der Waals surface area contributed by atoms with Gasteiger partial charge in [0, 0.05) is 11.7 Å². The van der Waals surface area contributed by atoms with Crippen molar-refractivity contribution >= 4 is 17.4 Å². The molecule has 0 spiro atoms. The van der Waals surface area contributed by atoms with Crippen LogP contribution in [0.1, 0.15) is 54.2 Å². The zero-order valence-electron chi connectivity index (χ0n) is 14.5. The highest BCUT2D eigenvalue weighted by Gasteiger charge is 2.23. The lowest BCUT2D eigenvalue weighted by Crippen LogP contribution is -2.37. The largest absolute Gasteiger partial charge is 0.348 e. The minimum Gasteiger partial charge on any atom is -0.348 e. The molecule has 6 heteroatoms. The van der Waals surface area contributed by atoms with Crippen molar-refractivity contribution in [3.8, 4) is 0 Å². The van der Waals surface area contributed by atoms with Crippen LogP contribution in [-0.4, -0.2) is 27.4 Å². The predicted octanol–water partition coefficient (Wildman–Crippen LogP) is 3.47. The third-order valence-corrected chi connectivity index (χ3v) is 4.88. The van der Waals surface area contributed by atoms with Gasteiger partial charge in [-0.3, -0.25) is 4.79 Å². The maximum Gasteiger partial charge on any atom is 0.275 e. The number of H-pyrrole nitrogens is 1. The molecule has 2 aromatic rings. The Kier molecular flexibility index (Phi) is 4.83. The SMILES string of the molecule is Cc1ccc(Nc2n[nH]nc2C(=O)NC2CCC(C)CC2)cc1C. The molecular weight excluding hydrogens is 302 g/mol. The summed E-state index contributed by atoms with van der Waals surface area (Å²) in [6.45, 7) is 6.39. The van der Waals surface area contributed by atoms with Crippen LogP contribution < -0.4 is 10.6 Å². The van der Waals surface area contributed by atoms with Crippen LogP contribution in [0.5, 0.6) is 0 Å². The Morgan fingerprint density at radius 2 is 1.88 bits per heavy atom. The van der Waals surface area contributed by atoms with Crippen molar-refractivity contribution in [2.45, 2.75) is 52.5 Å². The highest BCUT2D eigenvalue weighted by atomic mass is 16.2. The van der Waals surface area contributed by atoms with Crippen LogP contribution in [0, 0.1) is 19.8 Å². The monoisotopic (exact) mass is 327 g/mol. The van der Waals surface area contributed by atoms with E-state index < -0.39 is 0 Å². The molecule has 3 rings (SSSR count). The van der Waals surface area contributed by atoms with E-state index in [2.05, 4.69) is 46.8 Å². The molecule has 128 valence electrons. The Morgan fingerprint density at radius 1 is 1.12 bits per heavy atom. The zero-order chi connectivity index (χ0) is 17.1. The first-order valence-electron chi connectivity index (χ1n) is 8.59. The summed E-state index contributed by atoms with van der Waals surface area (Å²) < 4.78 is 0. The number of anilines is 2. The first-order valence-corrected chi connectivity index (χ1v) is 8.59. The molecular formula is C18H25N5O. The summed E-state index contributed by atoms with van der Waals surface area (Å²) in [6, 6.07) is 6.29. The average Bonchev–Trinajstić information content (AvgIpc) is 3.01. The fourth-order valence-electron chi connectivity index (χ4n) is 3.09. The summed E-state index contributed by atoms with van der Waals surface area (Å²) >= 11 is 0. The molecule has 1 amide bonds. The number of carbonyl (C=O) groups excluding carboxylic acids is 1. The minimum absolute atomic E-state index is 0.172. The van der Waals surface area contributed by atoms with Crippen molar-refractivity contribution < 1.29 is 4.79 Å². The van der Waals surface area contributed by atoms with E-state index in [0.717, 1.165) is 37.3 Å². The highest BCUT2D eigenvalue weighted by molar-refractivity contribution is 5.97. The third kappa shape index (κ3) is 3.75. The molecule has 1 heterocycles. The van der Waals surface area contributed by atoms with Gasteiger partial charge in [-0.05, 0) is 68.7 Å². The van der Waals surface area contributed by atoms with Gasteiger partial charge in [0.25, 0.3) is 5.91 Å². The van der Waals surface area contributed by atoms with Crippen molar-refractivity contribution in [3.63, 3.8) is 0 Å². The Hall–Kier alpha value is -2.37. The number of amides is 1. The van der Waals surface area contributed by atoms with Gasteiger partial charge in [-0.15, -0.1) is 10.2 Å². The van der Waals surface area contributed by atoms with E-state index >= 15 is 0 Å². The number of rotatable bonds is 4. The molecule has 1 aliphatic rings. The second-order valence-corrected chi connectivity index (χ2v) is 6.88. The summed E-state index contributed by atoms with van der Waals surface area (Å²) in [4.78, 5) is 12.5. The molecule has 0 saturated heterocycles. The molecule has 1 aliphatic carbocycles. The average molecular weight is 327 g/mol. The number of aromatic amines is 1. The predicted molar refractivity (Wildman–Crippen MR) is 94.5 cm³/mol. The Bertz CT molecular complexity index is 716. The van der Waals surface area contributed by atoms with Crippen molar-refractivity contribution in [2.24, 2.45) is 5.92 Å². The molecule has 1 aromatic heterocycles. The second-order valence-electron chi connectivity index (χ2n) is 6.88. The molecule has 0 unspecified atom stereocenters. The molecule has 6 nitrogen and oxygen atoms in total. The van der Waals surface area contributed by atoms with Gasteiger partial charge in [-0.25, -0.2) is 0 Å². The summed E-state index contributed by atoms with van der Waals surface area (Å²) in [5, 5.41) is 16.9. The van der Waals surface area contributed by atoms with Crippen LogP contribution in [0.3, 0.4) is 0 Å². The number of nitrogens with zero attached hydrogens (tertiary/aromatic N) is 2. The maximum absolute atomic E-state index is 12.5. The lowest BCUT2D eigenvalue weighted by molar-refractivity contribution is 0.0918. The van der Waals surface area contributed by atoms with E-state index in [0.29, 0.717) is 11.5 Å². The van der Waals surface area contributed by atoms with Gasteiger partial charge < -0.3 is 10.6 Å². The molecule has 0 aliphatic heterocycles. The highest BCUT2D eigenvalue weighted by Crippen LogP contribution is 2.24. The molecule has 1 saturated carbocycles. The van der Waals surface area contributed by atoms with E-state index in [1.54, 1.807) is 0 Å². The molecule has 0 atom stereocenters. The third-order valence-electron chi connectivity index (χ3n) is 4.88. The van der Waals surface area contributed by atoms with Crippen LogP contribution in [0.15, 0.2) is 18.2 Å². The van der Waals surface area contributed by atoms with Gasteiger partial charge in [0.05, 0.1) is 0 Å². The van der Waals surface area contributed by atoms with E-state index in [4.69, 9.17) is 0 Å². The van der Waals surface area contributed by atoms with E-state index in [1.807, 2.05) is 18.2 Å². The Labute approximate surface area is 142 Å². The van der Waals surface area contributed by atoms with Gasteiger partial charge >= 0.3 is 0 Å². The molecule has 1 fully saturated rings. The molecule has 0 radical (unpaired) electrons. The van der Waals surface area contributed by atoms with Gasteiger partial charge in [0.1, 0.15) is 0 Å². The fraction of sp³-hybridized carbons (Fsp3) is 0.500. The minimum atomic E-state index is -0.172. The number of aromatic nitrogens is 3. The van der Waals surface area contributed by atoms with Gasteiger partial charge in [-0.2, -0.15) is 5.21 Å². The van der Waals surface area contributed by atoms with Crippen molar-refractivity contribution in [3.05, 3.63) is 35.0 Å². The van der Waals surface area contributed by atoms with E-state index in [9.17, 15) is 4.79 Å². The quantitative estimate of drug-likeness (QED) is 0.803. The van der Waals surface area contributed by atoms with Crippen molar-refractivity contribution in [1.29, 1.82) is 0 Å². The van der Waals surface area contributed by atoms with Gasteiger partial charge in [0.2, 0.25) is 0 Å². The Balaban J connectivity index is 1.68. The molecule has 3 N–H and O–H groups in total. The van der Waals surface area contributed by atoms with Gasteiger partial charge in [-0.1, -0.05) is 13.0 Å². The molecule has 0 bridgehead atoms. The van der Waals surface area contributed by atoms with Crippen LogP contribution in [-0.2, 0) is 0 Å². The first-order chi connectivity index (χ1) is 11.5. The summed E-state index contributed by atoms with van der Waals surface area (Å²) in [5.74, 6) is 1.04. The van der Waals surface area contributed by atoms with Gasteiger partial charge in [0.15, 0.2) is 11.5 Å². The topological polar surface area (TPSA) is 82.7 Å². The summed E-state index contributed by atoms with van der Waals surface area (Å²) in [5.41, 5.74) is 3.62. The smallest absolute Gasteiger partial charge is 0.275 e. The first kappa shape index (κ1) is 16.5. The number of nitrogens with one attached hydrogen (secondary N) is 3. The number of carbonyl (C=O) groups is 1. The van der Waals surface area contributed by atoms with Crippen LogP contribution >= 0.6 is 0 Å². The second kappa shape index (κ2) is 7.03.